The fourth-order valence-electron chi connectivity index (χ4n) is 1.95. The first-order valence-corrected chi connectivity index (χ1v) is 7.37. The Hall–Kier alpha value is -1.78. The fourth-order valence-corrected chi connectivity index (χ4v) is 3.11. The lowest BCUT2D eigenvalue weighted by Crippen LogP contribution is -1.98. The van der Waals surface area contributed by atoms with E-state index in [0.29, 0.717) is 17.3 Å². The van der Waals surface area contributed by atoms with Crippen LogP contribution in [-0.2, 0) is 6.54 Å². The topological polar surface area (TPSA) is 34.1 Å². The first-order chi connectivity index (χ1) is 9.76. The summed E-state index contributed by atoms with van der Waals surface area (Å²) < 4.78 is 6.34. The molecule has 0 radical (unpaired) electrons. The molecule has 5 heteroatoms. The lowest BCUT2D eigenvalue weighted by atomic mass is 10.3. The Kier molecular flexibility index (Phi) is 3.76. The highest BCUT2D eigenvalue weighted by Gasteiger charge is 2.04. The highest BCUT2D eigenvalue weighted by Crippen LogP contribution is 2.28. The van der Waals surface area contributed by atoms with Gasteiger partial charge in [0, 0.05) is 5.69 Å². The zero-order valence-corrected chi connectivity index (χ0v) is 12.5. The average molecular weight is 305 g/mol. The van der Waals surface area contributed by atoms with E-state index < -0.39 is 0 Å². The molecule has 0 fully saturated rings. The largest absolute Gasteiger partial charge is 0.495 e. The van der Waals surface area contributed by atoms with Crippen LogP contribution in [0.3, 0.4) is 0 Å². The van der Waals surface area contributed by atoms with Crippen LogP contribution >= 0.6 is 22.9 Å². The van der Waals surface area contributed by atoms with Gasteiger partial charge >= 0.3 is 0 Å². The van der Waals surface area contributed by atoms with Crippen molar-refractivity contribution in [3.8, 4) is 5.75 Å². The minimum Gasteiger partial charge on any atom is -0.495 e. The number of aromatic nitrogens is 1. The normalized spacial score (nSPS) is 10.7. The number of halogens is 1. The summed E-state index contributed by atoms with van der Waals surface area (Å²) in [6.07, 6.45) is 0. The number of ether oxygens (including phenoxy) is 1. The van der Waals surface area contributed by atoms with Crippen molar-refractivity contribution in [2.45, 2.75) is 6.54 Å². The number of benzene rings is 2. The Morgan fingerprint density at radius 2 is 2.10 bits per heavy atom. The number of methoxy groups -OCH3 is 1. The van der Waals surface area contributed by atoms with Crippen LogP contribution in [0, 0.1) is 0 Å². The molecule has 3 rings (SSSR count). The fraction of sp³-hybridized carbons (Fsp3) is 0.133. The standard InChI is InChI=1S/C15H13ClN2OS/c1-19-13-7-6-10(8-11(13)16)17-9-15-18-12-4-2-3-5-14(12)20-15/h2-8,17H,9H2,1H3. The van der Waals surface area contributed by atoms with Crippen molar-refractivity contribution >= 4 is 38.8 Å². The summed E-state index contributed by atoms with van der Waals surface area (Å²) in [4.78, 5) is 4.58. The molecule has 102 valence electrons. The van der Waals surface area contributed by atoms with E-state index in [0.717, 1.165) is 16.2 Å². The smallest absolute Gasteiger partial charge is 0.137 e. The van der Waals surface area contributed by atoms with E-state index >= 15 is 0 Å². The Labute approximate surface area is 126 Å². The number of anilines is 1. The maximum Gasteiger partial charge on any atom is 0.137 e. The Bertz CT molecular complexity index is 709. The second kappa shape index (κ2) is 5.69. The van der Waals surface area contributed by atoms with E-state index in [9.17, 15) is 0 Å². The van der Waals surface area contributed by atoms with Crippen molar-refractivity contribution in [2.75, 3.05) is 12.4 Å². The number of fused-ring (bicyclic) bond motifs is 1. The number of hydrogen-bond donors (Lipinski definition) is 1. The molecular formula is C15H13ClN2OS. The van der Waals surface area contributed by atoms with Crippen LogP contribution in [0.5, 0.6) is 5.75 Å². The summed E-state index contributed by atoms with van der Waals surface area (Å²) in [5.74, 6) is 0.678. The molecule has 1 heterocycles. The molecule has 0 aliphatic rings. The Balaban J connectivity index is 1.74. The summed E-state index contributed by atoms with van der Waals surface area (Å²) in [6.45, 7) is 0.683. The molecule has 0 saturated carbocycles. The van der Waals surface area contributed by atoms with E-state index in [1.165, 1.54) is 4.70 Å². The van der Waals surface area contributed by atoms with E-state index in [1.807, 2.05) is 36.4 Å². The van der Waals surface area contributed by atoms with Gasteiger partial charge in [0.15, 0.2) is 0 Å². The minimum absolute atomic E-state index is 0.599. The van der Waals surface area contributed by atoms with Crippen molar-refractivity contribution < 1.29 is 4.74 Å². The van der Waals surface area contributed by atoms with Gasteiger partial charge in [0.05, 0.1) is 28.9 Å². The van der Waals surface area contributed by atoms with Crippen LogP contribution in [0.2, 0.25) is 5.02 Å². The molecule has 1 N–H and O–H groups in total. The summed E-state index contributed by atoms with van der Waals surface area (Å²) in [7, 11) is 1.61. The van der Waals surface area contributed by atoms with Crippen molar-refractivity contribution in [1.82, 2.24) is 4.98 Å². The van der Waals surface area contributed by atoms with Crippen LogP contribution in [0.25, 0.3) is 10.2 Å². The summed E-state index contributed by atoms with van der Waals surface area (Å²) in [6, 6.07) is 13.8. The van der Waals surface area contributed by atoms with Crippen molar-refractivity contribution in [2.24, 2.45) is 0 Å². The third-order valence-electron chi connectivity index (χ3n) is 2.93. The molecule has 1 aromatic heterocycles. The van der Waals surface area contributed by atoms with Crippen LogP contribution < -0.4 is 10.1 Å². The monoisotopic (exact) mass is 304 g/mol. The molecule has 3 aromatic rings. The van der Waals surface area contributed by atoms with Gasteiger partial charge in [0.25, 0.3) is 0 Å². The van der Waals surface area contributed by atoms with E-state index in [1.54, 1.807) is 18.4 Å². The molecule has 0 aliphatic heterocycles. The van der Waals surface area contributed by atoms with Gasteiger partial charge in [-0.25, -0.2) is 4.98 Å². The van der Waals surface area contributed by atoms with Gasteiger partial charge in [-0.2, -0.15) is 0 Å². The predicted octanol–water partition coefficient (Wildman–Crippen LogP) is 4.57. The van der Waals surface area contributed by atoms with Gasteiger partial charge in [-0.1, -0.05) is 23.7 Å². The molecule has 0 aliphatic carbocycles. The number of rotatable bonds is 4. The molecule has 3 nitrogen and oxygen atoms in total. The predicted molar refractivity (Wildman–Crippen MR) is 85.0 cm³/mol. The second-order valence-corrected chi connectivity index (χ2v) is 5.80. The van der Waals surface area contributed by atoms with Crippen LogP contribution in [0.4, 0.5) is 5.69 Å². The SMILES string of the molecule is COc1ccc(NCc2nc3ccccc3s2)cc1Cl. The van der Waals surface area contributed by atoms with Crippen molar-refractivity contribution in [1.29, 1.82) is 0 Å². The lowest BCUT2D eigenvalue weighted by Gasteiger charge is -2.07. The maximum atomic E-state index is 6.10. The summed E-state index contributed by atoms with van der Waals surface area (Å²) >= 11 is 7.79. The van der Waals surface area contributed by atoms with E-state index in [2.05, 4.69) is 16.4 Å². The van der Waals surface area contributed by atoms with Gasteiger partial charge < -0.3 is 10.1 Å². The van der Waals surface area contributed by atoms with Crippen LogP contribution in [-0.4, -0.2) is 12.1 Å². The molecule has 0 unspecified atom stereocenters. The van der Waals surface area contributed by atoms with Gasteiger partial charge in [0.2, 0.25) is 0 Å². The van der Waals surface area contributed by atoms with Crippen molar-refractivity contribution in [3.63, 3.8) is 0 Å². The van der Waals surface area contributed by atoms with E-state index in [4.69, 9.17) is 16.3 Å². The zero-order chi connectivity index (χ0) is 13.9. The number of hydrogen-bond acceptors (Lipinski definition) is 4. The highest BCUT2D eigenvalue weighted by molar-refractivity contribution is 7.18. The van der Waals surface area contributed by atoms with Gasteiger partial charge in [-0.3, -0.25) is 0 Å². The molecule has 0 spiro atoms. The van der Waals surface area contributed by atoms with Crippen molar-refractivity contribution in [3.05, 3.63) is 52.5 Å². The molecule has 0 atom stereocenters. The molecule has 2 aromatic carbocycles. The Morgan fingerprint density at radius 1 is 1.25 bits per heavy atom. The average Bonchev–Trinajstić information content (AvgIpc) is 2.88. The van der Waals surface area contributed by atoms with E-state index in [-0.39, 0.29) is 0 Å². The first kappa shape index (κ1) is 13.2. The number of thiazole rings is 1. The first-order valence-electron chi connectivity index (χ1n) is 6.18. The summed E-state index contributed by atoms with van der Waals surface area (Å²) in [5.41, 5.74) is 2.00. The second-order valence-electron chi connectivity index (χ2n) is 4.28. The number of para-hydroxylation sites is 1. The maximum absolute atomic E-state index is 6.10. The zero-order valence-electron chi connectivity index (χ0n) is 10.9. The third kappa shape index (κ3) is 2.71. The molecular weight excluding hydrogens is 292 g/mol. The Morgan fingerprint density at radius 3 is 2.85 bits per heavy atom. The number of nitrogens with one attached hydrogen (secondary N) is 1. The van der Waals surface area contributed by atoms with Gasteiger partial charge in [-0.15, -0.1) is 11.3 Å². The molecule has 0 bridgehead atoms. The van der Waals surface area contributed by atoms with Crippen LogP contribution in [0.1, 0.15) is 5.01 Å². The third-order valence-corrected chi connectivity index (χ3v) is 4.27. The highest BCUT2D eigenvalue weighted by atomic mass is 35.5. The lowest BCUT2D eigenvalue weighted by molar-refractivity contribution is 0.415. The number of nitrogens with zero attached hydrogens (tertiary/aromatic N) is 1. The molecule has 20 heavy (non-hydrogen) atoms. The quantitative estimate of drug-likeness (QED) is 0.766. The van der Waals surface area contributed by atoms with Gasteiger partial charge in [-0.05, 0) is 30.3 Å². The molecule has 0 saturated heterocycles. The minimum atomic E-state index is 0.599. The van der Waals surface area contributed by atoms with Crippen LogP contribution in [0.15, 0.2) is 42.5 Å². The summed E-state index contributed by atoms with van der Waals surface area (Å²) in [5, 5.41) is 4.97. The molecule has 0 amide bonds. The van der Waals surface area contributed by atoms with Gasteiger partial charge in [0.1, 0.15) is 10.8 Å².